The van der Waals surface area contributed by atoms with Crippen LogP contribution in [0.15, 0.2) is 36.8 Å². The van der Waals surface area contributed by atoms with Gasteiger partial charge < -0.3 is 5.32 Å². The fraction of sp³-hybridized carbons (Fsp3) is 0.294. The van der Waals surface area contributed by atoms with Crippen LogP contribution in [-0.4, -0.2) is 36.1 Å². The second-order valence-corrected chi connectivity index (χ2v) is 6.04. The van der Waals surface area contributed by atoms with E-state index in [4.69, 9.17) is 0 Å². The van der Waals surface area contributed by atoms with Crippen molar-refractivity contribution in [2.24, 2.45) is 0 Å². The Bertz CT molecular complexity index is 890. The monoisotopic (exact) mass is 335 g/mol. The number of benzene rings is 1. The number of carbonyl (C=O) groups is 1. The Morgan fingerprint density at radius 1 is 1.28 bits per heavy atom. The highest BCUT2D eigenvalue weighted by molar-refractivity contribution is 5.94. The second kappa shape index (κ2) is 6.39. The van der Waals surface area contributed by atoms with E-state index in [1.165, 1.54) is 6.33 Å². The van der Waals surface area contributed by atoms with Crippen LogP contribution in [0.3, 0.4) is 0 Å². The van der Waals surface area contributed by atoms with Crippen LogP contribution in [0, 0.1) is 6.92 Å². The molecule has 8 nitrogen and oxygen atoms in total. The van der Waals surface area contributed by atoms with Gasteiger partial charge in [-0.3, -0.25) is 4.79 Å². The molecule has 0 saturated heterocycles. The van der Waals surface area contributed by atoms with Gasteiger partial charge in [0, 0.05) is 23.0 Å². The molecule has 1 atom stereocenters. The van der Waals surface area contributed by atoms with Crippen LogP contribution in [0.4, 0.5) is 0 Å². The van der Waals surface area contributed by atoms with Gasteiger partial charge in [0.25, 0.3) is 5.91 Å². The summed E-state index contributed by atoms with van der Waals surface area (Å²) in [6.45, 7) is 1.88. The fourth-order valence-electron chi connectivity index (χ4n) is 3.08. The first kappa shape index (κ1) is 15.4. The highest BCUT2D eigenvalue weighted by Gasteiger charge is 2.23. The minimum Gasteiger partial charge on any atom is -0.345 e. The van der Waals surface area contributed by atoms with Crippen molar-refractivity contribution in [1.29, 1.82) is 0 Å². The maximum absolute atomic E-state index is 12.6. The highest BCUT2D eigenvalue weighted by Crippen LogP contribution is 2.28. The topological polar surface area (TPSA) is 98.5 Å². The average Bonchev–Trinajstić information content (AvgIpc) is 3.16. The Morgan fingerprint density at radius 2 is 2.12 bits per heavy atom. The normalized spacial score (nSPS) is 16.3. The van der Waals surface area contributed by atoms with Crippen LogP contribution in [0.5, 0.6) is 0 Å². The number of tetrazole rings is 1. The third kappa shape index (κ3) is 3.10. The zero-order chi connectivity index (χ0) is 17.2. The molecule has 1 aliphatic carbocycles. The van der Waals surface area contributed by atoms with E-state index in [-0.39, 0.29) is 11.9 Å². The Balaban J connectivity index is 1.51. The Kier molecular flexibility index (Phi) is 3.93. The van der Waals surface area contributed by atoms with E-state index in [1.54, 1.807) is 16.8 Å². The SMILES string of the molecule is Cc1ncc2c(n1)CCCC2NC(=O)c1ccc(-n2cnnn2)cc1. The van der Waals surface area contributed by atoms with Gasteiger partial charge in [0.05, 0.1) is 11.7 Å². The summed E-state index contributed by atoms with van der Waals surface area (Å²) >= 11 is 0. The third-order valence-corrected chi connectivity index (χ3v) is 4.35. The number of aromatic nitrogens is 6. The first-order valence-electron chi connectivity index (χ1n) is 8.17. The summed E-state index contributed by atoms with van der Waals surface area (Å²) in [5, 5.41) is 14.1. The Morgan fingerprint density at radius 3 is 2.88 bits per heavy atom. The number of fused-ring (bicyclic) bond motifs is 1. The molecule has 1 aliphatic rings. The van der Waals surface area contributed by atoms with E-state index >= 15 is 0 Å². The molecule has 0 bridgehead atoms. The van der Waals surface area contributed by atoms with Crippen molar-refractivity contribution in [3.05, 3.63) is 59.4 Å². The fourth-order valence-corrected chi connectivity index (χ4v) is 3.08. The Hall–Kier alpha value is -3.16. The van der Waals surface area contributed by atoms with Crippen molar-refractivity contribution in [3.63, 3.8) is 0 Å². The second-order valence-electron chi connectivity index (χ2n) is 6.04. The molecular weight excluding hydrogens is 318 g/mol. The molecule has 1 N–H and O–H groups in total. The summed E-state index contributed by atoms with van der Waals surface area (Å²) in [5.74, 6) is 0.658. The molecule has 126 valence electrons. The smallest absolute Gasteiger partial charge is 0.251 e. The van der Waals surface area contributed by atoms with Gasteiger partial charge in [-0.25, -0.2) is 14.6 Å². The molecule has 0 fully saturated rings. The van der Waals surface area contributed by atoms with Crippen LogP contribution in [0.25, 0.3) is 5.69 Å². The van der Waals surface area contributed by atoms with Crippen molar-refractivity contribution in [2.75, 3.05) is 0 Å². The van der Waals surface area contributed by atoms with Crippen molar-refractivity contribution in [2.45, 2.75) is 32.2 Å². The summed E-state index contributed by atoms with van der Waals surface area (Å²) in [6.07, 6.45) is 6.19. The molecule has 2 heterocycles. The van der Waals surface area contributed by atoms with Crippen LogP contribution in [-0.2, 0) is 6.42 Å². The van der Waals surface area contributed by atoms with Gasteiger partial charge in [0.1, 0.15) is 12.2 Å². The molecule has 0 radical (unpaired) electrons. The summed E-state index contributed by atoms with van der Waals surface area (Å²) in [4.78, 5) is 21.4. The molecule has 8 heteroatoms. The van der Waals surface area contributed by atoms with E-state index in [0.717, 1.165) is 42.0 Å². The minimum absolute atomic E-state index is 0.0453. The standard InChI is InChI=1S/C17H17N7O/c1-11-18-9-14-15(20-11)3-2-4-16(14)21-17(25)12-5-7-13(8-6-12)24-10-19-22-23-24/h5-10,16H,2-4H2,1H3,(H,21,25). The lowest BCUT2D eigenvalue weighted by Crippen LogP contribution is -2.31. The molecule has 3 aromatic rings. The molecule has 0 aliphatic heterocycles. The van der Waals surface area contributed by atoms with Gasteiger partial charge in [-0.15, -0.1) is 5.10 Å². The summed E-state index contributed by atoms with van der Waals surface area (Å²) < 4.78 is 1.54. The number of rotatable bonds is 3. The predicted molar refractivity (Wildman–Crippen MR) is 89.1 cm³/mol. The molecule has 1 unspecified atom stereocenters. The zero-order valence-electron chi connectivity index (χ0n) is 13.8. The summed E-state index contributed by atoms with van der Waals surface area (Å²) in [7, 11) is 0. The lowest BCUT2D eigenvalue weighted by Gasteiger charge is -2.25. The van der Waals surface area contributed by atoms with E-state index in [9.17, 15) is 4.79 Å². The van der Waals surface area contributed by atoms with Crippen LogP contribution in [0.1, 0.15) is 46.3 Å². The Labute approximate surface area is 144 Å². The largest absolute Gasteiger partial charge is 0.345 e. The van der Waals surface area contributed by atoms with Crippen molar-refractivity contribution >= 4 is 5.91 Å². The molecule has 4 rings (SSSR count). The molecule has 0 saturated carbocycles. The average molecular weight is 335 g/mol. The van der Waals surface area contributed by atoms with Crippen molar-refractivity contribution in [3.8, 4) is 5.69 Å². The minimum atomic E-state index is -0.110. The lowest BCUT2D eigenvalue weighted by molar-refractivity contribution is 0.0932. The van der Waals surface area contributed by atoms with Gasteiger partial charge >= 0.3 is 0 Å². The van der Waals surface area contributed by atoms with E-state index in [0.29, 0.717) is 5.56 Å². The van der Waals surface area contributed by atoms with E-state index < -0.39 is 0 Å². The quantitative estimate of drug-likeness (QED) is 0.780. The maximum atomic E-state index is 12.6. The number of nitrogens with zero attached hydrogens (tertiary/aromatic N) is 6. The highest BCUT2D eigenvalue weighted by atomic mass is 16.1. The van der Waals surface area contributed by atoms with Gasteiger partial charge in [-0.05, 0) is 60.9 Å². The predicted octanol–water partition coefficient (Wildman–Crippen LogP) is 1.57. The van der Waals surface area contributed by atoms with Gasteiger partial charge in [-0.1, -0.05) is 0 Å². The molecule has 25 heavy (non-hydrogen) atoms. The summed E-state index contributed by atoms with van der Waals surface area (Å²) in [6, 6.07) is 7.11. The van der Waals surface area contributed by atoms with Crippen LogP contribution < -0.4 is 5.32 Å². The van der Waals surface area contributed by atoms with Gasteiger partial charge in [-0.2, -0.15) is 0 Å². The lowest BCUT2D eigenvalue weighted by atomic mass is 9.92. The molecule has 0 spiro atoms. The number of aryl methyl sites for hydroxylation is 2. The van der Waals surface area contributed by atoms with E-state index in [2.05, 4.69) is 30.8 Å². The number of hydrogen-bond donors (Lipinski definition) is 1. The van der Waals surface area contributed by atoms with Crippen molar-refractivity contribution < 1.29 is 4.79 Å². The van der Waals surface area contributed by atoms with E-state index in [1.807, 2.05) is 25.3 Å². The first-order valence-corrected chi connectivity index (χ1v) is 8.17. The first-order chi connectivity index (χ1) is 12.2. The van der Waals surface area contributed by atoms with Gasteiger partial charge in [0.2, 0.25) is 0 Å². The van der Waals surface area contributed by atoms with Crippen molar-refractivity contribution in [1.82, 2.24) is 35.5 Å². The maximum Gasteiger partial charge on any atom is 0.251 e. The third-order valence-electron chi connectivity index (χ3n) is 4.35. The summed E-state index contributed by atoms with van der Waals surface area (Å²) in [5.41, 5.74) is 3.46. The number of amides is 1. The number of carbonyl (C=O) groups excluding carboxylic acids is 1. The molecular formula is C17H17N7O. The van der Waals surface area contributed by atoms with Gasteiger partial charge in [0.15, 0.2) is 0 Å². The molecule has 1 aromatic carbocycles. The number of hydrogen-bond acceptors (Lipinski definition) is 6. The zero-order valence-corrected chi connectivity index (χ0v) is 13.8. The number of nitrogens with one attached hydrogen (secondary N) is 1. The molecule has 2 aromatic heterocycles. The van der Waals surface area contributed by atoms with Crippen LogP contribution >= 0.6 is 0 Å². The molecule has 1 amide bonds. The van der Waals surface area contributed by atoms with Crippen LogP contribution in [0.2, 0.25) is 0 Å².